The van der Waals surface area contributed by atoms with E-state index in [0.717, 1.165) is 18.4 Å². The second kappa shape index (κ2) is 9.57. The molecule has 0 aliphatic carbocycles. The first-order valence-electron chi connectivity index (χ1n) is 8.87. The minimum Gasteiger partial charge on any atom is -0.481 e. The average molecular weight is 381 g/mol. The molecule has 0 bridgehead atoms. The minimum atomic E-state index is -0.804. The van der Waals surface area contributed by atoms with Crippen LogP contribution in [0.25, 0.3) is 0 Å². The molecule has 2 amide bonds. The Morgan fingerprint density at radius 3 is 2.62 bits per heavy atom. The number of aliphatic carboxylic acids is 1. The van der Waals surface area contributed by atoms with Gasteiger partial charge in [-0.05, 0) is 42.9 Å². The number of rotatable bonds is 7. The van der Waals surface area contributed by atoms with Crippen molar-refractivity contribution in [3.05, 3.63) is 34.9 Å². The zero-order valence-corrected chi connectivity index (χ0v) is 15.7. The molecular formula is C19H25ClN2O4. The van der Waals surface area contributed by atoms with Gasteiger partial charge in [-0.2, -0.15) is 0 Å². The number of amides is 2. The van der Waals surface area contributed by atoms with E-state index in [0.29, 0.717) is 24.5 Å². The quantitative estimate of drug-likeness (QED) is 0.761. The molecule has 1 aromatic carbocycles. The number of piperidine rings is 1. The lowest BCUT2D eigenvalue weighted by Gasteiger charge is -2.33. The molecule has 142 valence electrons. The molecule has 1 aliphatic rings. The van der Waals surface area contributed by atoms with Crippen molar-refractivity contribution in [3.8, 4) is 0 Å². The van der Waals surface area contributed by atoms with E-state index in [1.165, 1.54) is 6.92 Å². The van der Waals surface area contributed by atoms with Crippen LogP contribution in [0.5, 0.6) is 0 Å². The predicted molar refractivity (Wildman–Crippen MR) is 98.8 cm³/mol. The Kier molecular flexibility index (Phi) is 7.45. The Balaban J connectivity index is 2.00. The number of hydrogen-bond acceptors (Lipinski definition) is 3. The number of carbonyl (C=O) groups is 3. The van der Waals surface area contributed by atoms with Crippen LogP contribution in [0.3, 0.4) is 0 Å². The normalized spacial score (nSPS) is 18.2. The third-order valence-electron chi connectivity index (χ3n) is 4.67. The third kappa shape index (κ3) is 6.33. The molecule has 7 heteroatoms. The monoisotopic (exact) mass is 380 g/mol. The fourth-order valence-corrected chi connectivity index (χ4v) is 3.48. The maximum atomic E-state index is 12.7. The van der Waals surface area contributed by atoms with Gasteiger partial charge in [-0.3, -0.25) is 14.4 Å². The van der Waals surface area contributed by atoms with Crippen molar-refractivity contribution in [2.75, 3.05) is 13.1 Å². The molecule has 6 nitrogen and oxygen atoms in total. The summed E-state index contributed by atoms with van der Waals surface area (Å²) in [6, 6.07) is 6.68. The van der Waals surface area contributed by atoms with Gasteiger partial charge in [0.2, 0.25) is 11.8 Å². The van der Waals surface area contributed by atoms with Crippen LogP contribution in [0.2, 0.25) is 5.02 Å². The molecule has 0 aromatic heterocycles. The molecule has 2 unspecified atom stereocenters. The summed E-state index contributed by atoms with van der Waals surface area (Å²) in [5.74, 6) is -0.810. The maximum absolute atomic E-state index is 12.7. The maximum Gasteiger partial charge on any atom is 0.303 e. The van der Waals surface area contributed by atoms with Crippen molar-refractivity contribution in [1.29, 1.82) is 0 Å². The van der Waals surface area contributed by atoms with Crippen molar-refractivity contribution in [2.45, 2.75) is 45.1 Å². The van der Waals surface area contributed by atoms with Gasteiger partial charge < -0.3 is 15.3 Å². The summed E-state index contributed by atoms with van der Waals surface area (Å²) in [4.78, 5) is 36.8. The third-order valence-corrected chi connectivity index (χ3v) is 4.92. The van der Waals surface area contributed by atoms with Crippen LogP contribution in [0, 0.1) is 5.92 Å². The number of carboxylic acids is 1. The molecule has 0 saturated carbocycles. The molecular weight excluding hydrogens is 356 g/mol. The molecule has 1 saturated heterocycles. The number of nitrogens with one attached hydrogen (secondary N) is 1. The Labute approximate surface area is 158 Å². The fraction of sp³-hybridized carbons (Fsp3) is 0.526. The largest absolute Gasteiger partial charge is 0.481 e. The SMILES string of the molecule is CC(=O)NC(CC(=O)N1CCCC(CCC(=O)O)C1)c1ccc(Cl)cc1. The lowest BCUT2D eigenvalue weighted by molar-refractivity contribution is -0.137. The highest BCUT2D eigenvalue weighted by Gasteiger charge is 2.26. The number of nitrogens with zero attached hydrogens (tertiary/aromatic N) is 1. The molecule has 2 atom stereocenters. The first kappa shape index (κ1) is 20.2. The molecule has 1 heterocycles. The lowest BCUT2D eigenvalue weighted by Crippen LogP contribution is -2.42. The van der Waals surface area contributed by atoms with Crippen LogP contribution in [0.1, 0.15) is 50.6 Å². The van der Waals surface area contributed by atoms with E-state index in [9.17, 15) is 14.4 Å². The van der Waals surface area contributed by atoms with Crippen molar-refractivity contribution in [1.82, 2.24) is 10.2 Å². The smallest absolute Gasteiger partial charge is 0.303 e. The summed E-state index contributed by atoms with van der Waals surface area (Å²) in [5, 5.41) is 12.3. The first-order chi connectivity index (χ1) is 12.3. The molecule has 2 N–H and O–H groups in total. The van der Waals surface area contributed by atoms with Crippen LogP contribution in [0.4, 0.5) is 0 Å². The molecule has 26 heavy (non-hydrogen) atoms. The van der Waals surface area contributed by atoms with Crippen LogP contribution in [0.15, 0.2) is 24.3 Å². The Morgan fingerprint density at radius 2 is 2.00 bits per heavy atom. The molecule has 0 radical (unpaired) electrons. The number of benzene rings is 1. The summed E-state index contributed by atoms with van der Waals surface area (Å²) in [5.41, 5.74) is 0.831. The lowest BCUT2D eigenvalue weighted by atomic mass is 9.92. The van der Waals surface area contributed by atoms with Crippen LogP contribution in [-0.2, 0) is 14.4 Å². The number of hydrogen-bond donors (Lipinski definition) is 2. The highest BCUT2D eigenvalue weighted by molar-refractivity contribution is 6.30. The standard InChI is InChI=1S/C19H25ClN2O4/c1-13(23)21-17(15-5-7-16(20)8-6-15)11-18(24)22-10-2-3-14(12-22)4-9-19(25)26/h5-8,14,17H,2-4,9-12H2,1H3,(H,21,23)(H,25,26). The van der Waals surface area contributed by atoms with Crippen molar-refractivity contribution in [2.24, 2.45) is 5.92 Å². The van der Waals surface area contributed by atoms with E-state index in [1.54, 1.807) is 17.0 Å². The highest BCUT2D eigenvalue weighted by Crippen LogP contribution is 2.25. The number of likely N-dealkylation sites (tertiary alicyclic amines) is 1. The Morgan fingerprint density at radius 1 is 1.31 bits per heavy atom. The summed E-state index contributed by atoms with van der Waals surface area (Å²) in [6.07, 6.45) is 2.72. The van der Waals surface area contributed by atoms with E-state index >= 15 is 0 Å². The van der Waals surface area contributed by atoms with E-state index in [-0.39, 0.29) is 30.6 Å². The molecule has 2 rings (SSSR count). The Hall–Kier alpha value is -2.08. The summed E-state index contributed by atoms with van der Waals surface area (Å²) in [6.45, 7) is 2.69. The number of carboxylic acid groups (broad SMARTS) is 1. The highest BCUT2D eigenvalue weighted by atomic mass is 35.5. The van der Waals surface area contributed by atoms with Crippen LogP contribution in [-0.4, -0.2) is 40.9 Å². The van der Waals surface area contributed by atoms with Gasteiger partial charge in [-0.1, -0.05) is 23.7 Å². The fourth-order valence-electron chi connectivity index (χ4n) is 3.35. The zero-order valence-electron chi connectivity index (χ0n) is 14.9. The van der Waals surface area contributed by atoms with E-state index in [4.69, 9.17) is 16.7 Å². The molecule has 1 aromatic rings. The molecule has 0 spiro atoms. The van der Waals surface area contributed by atoms with Gasteiger partial charge in [0, 0.05) is 31.5 Å². The minimum absolute atomic E-state index is 0.0290. The Bertz CT molecular complexity index is 647. The average Bonchev–Trinajstić information content (AvgIpc) is 2.60. The van der Waals surface area contributed by atoms with Gasteiger partial charge >= 0.3 is 5.97 Å². The summed E-state index contributed by atoms with van der Waals surface area (Å²) < 4.78 is 0. The van der Waals surface area contributed by atoms with Gasteiger partial charge in [0.05, 0.1) is 12.5 Å². The summed E-state index contributed by atoms with van der Waals surface area (Å²) >= 11 is 5.91. The van der Waals surface area contributed by atoms with E-state index in [2.05, 4.69) is 5.32 Å². The second-order valence-electron chi connectivity index (χ2n) is 6.79. The van der Waals surface area contributed by atoms with E-state index in [1.807, 2.05) is 12.1 Å². The van der Waals surface area contributed by atoms with Gasteiger partial charge in [0.1, 0.15) is 0 Å². The molecule has 1 fully saturated rings. The summed E-state index contributed by atoms with van der Waals surface area (Å²) in [7, 11) is 0. The van der Waals surface area contributed by atoms with Gasteiger partial charge in [0.15, 0.2) is 0 Å². The topological polar surface area (TPSA) is 86.7 Å². The first-order valence-corrected chi connectivity index (χ1v) is 9.25. The van der Waals surface area contributed by atoms with Crippen molar-refractivity contribution >= 4 is 29.4 Å². The number of carbonyl (C=O) groups excluding carboxylic acids is 2. The van der Waals surface area contributed by atoms with Crippen LogP contribution >= 0.6 is 11.6 Å². The van der Waals surface area contributed by atoms with Gasteiger partial charge in [-0.15, -0.1) is 0 Å². The predicted octanol–water partition coefficient (Wildman–Crippen LogP) is 3.01. The van der Waals surface area contributed by atoms with Gasteiger partial charge in [0.25, 0.3) is 0 Å². The second-order valence-corrected chi connectivity index (χ2v) is 7.23. The zero-order chi connectivity index (χ0) is 19.1. The molecule has 1 aliphatic heterocycles. The van der Waals surface area contributed by atoms with Gasteiger partial charge in [-0.25, -0.2) is 0 Å². The van der Waals surface area contributed by atoms with Crippen LogP contribution < -0.4 is 5.32 Å². The van der Waals surface area contributed by atoms with Crippen molar-refractivity contribution in [3.63, 3.8) is 0 Å². The van der Waals surface area contributed by atoms with E-state index < -0.39 is 12.0 Å². The van der Waals surface area contributed by atoms with Crippen molar-refractivity contribution < 1.29 is 19.5 Å². The number of halogens is 1.